The molecule has 0 saturated carbocycles. The third kappa shape index (κ3) is 5.61. The van der Waals surface area contributed by atoms with Crippen LogP contribution in [-0.4, -0.2) is 20.1 Å². The maximum absolute atomic E-state index is 13.0. The normalized spacial score (nSPS) is 10.6. The minimum atomic E-state index is -0.290. The summed E-state index contributed by atoms with van der Waals surface area (Å²) in [7, 11) is 3.09. The predicted molar refractivity (Wildman–Crippen MR) is 114 cm³/mol. The predicted octanol–water partition coefficient (Wildman–Crippen LogP) is 5.07. The van der Waals surface area contributed by atoms with Crippen LogP contribution in [0.5, 0.6) is 17.2 Å². The minimum absolute atomic E-state index is 0.282. The van der Waals surface area contributed by atoms with E-state index in [4.69, 9.17) is 14.2 Å². The molecule has 0 aliphatic heterocycles. The average molecular weight is 407 g/mol. The Balaban J connectivity index is 1.64. The molecule has 30 heavy (non-hydrogen) atoms. The molecule has 0 radical (unpaired) electrons. The highest BCUT2D eigenvalue weighted by Gasteiger charge is 2.07. The van der Waals surface area contributed by atoms with E-state index in [1.54, 1.807) is 56.7 Å². The fraction of sp³-hybridized carbons (Fsp3) is 0.125. The molecule has 0 saturated heterocycles. The Kier molecular flexibility index (Phi) is 7.05. The van der Waals surface area contributed by atoms with Crippen molar-refractivity contribution in [2.24, 2.45) is 0 Å². The zero-order chi connectivity index (χ0) is 21.3. The summed E-state index contributed by atoms with van der Waals surface area (Å²) in [6.45, 7) is 0.285. The van der Waals surface area contributed by atoms with Gasteiger partial charge in [0.05, 0.1) is 19.9 Å². The van der Waals surface area contributed by atoms with Crippen LogP contribution < -0.4 is 19.5 Å². The Morgan fingerprint density at radius 3 is 2.40 bits per heavy atom. The van der Waals surface area contributed by atoms with Crippen LogP contribution in [-0.2, 0) is 11.4 Å². The number of hydrogen-bond donors (Lipinski definition) is 1. The molecule has 0 fully saturated rings. The van der Waals surface area contributed by atoms with Crippen LogP contribution in [0, 0.1) is 5.82 Å². The van der Waals surface area contributed by atoms with Gasteiger partial charge in [-0.3, -0.25) is 4.79 Å². The highest BCUT2D eigenvalue weighted by atomic mass is 19.1. The number of carbonyl (C=O) groups is 1. The minimum Gasteiger partial charge on any atom is -0.495 e. The summed E-state index contributed by atoms with van der Waals surface area (Å²) < 4.78 is 29.4. The quantitative estimate of drug-likeness (QED) is 0.530. The Morgan fingerprint density at radius 1 is 0.933 bits per heavy atom. The van der Waals surface area contributed by atoms with Crippen molar-refractivity contribution >= 4 is 17.7 Å². The first-order valence-electron chi connectivity index (χ1n) is 9.26. The Morgan fingerprint density at radius 2 is 1.67 bits per heavy atom. The molecule has 0 aliphatic carbocycles. The molecule has 3 aromatic rings. The van der Waals surface area contributed by atoms with Gasteiger partial charge in [0.15, 0.2) is 11.5 Å². The van der Waals surface area contributed by atoms with Crippen LogP contribution >= 0.6 is 0 Å². The summed E-state index contributed by atoms with van der Waals surface area (Å²) in [5.74, 6) is 1.10. The second-order valence-corrected chi connectivity index (χ2v) is 6.35. The molecule has 0 aromatic heterocycles. The first-order chi connectivity index (χ1) is 14.6. The Bertz CT molecular complexity index is 1030. The average Bonchev–Trinajstić information content (AvgIpc) is 2.78. The Hall–Kier alpha value is -3.80. The second-order valence-electron chi connectivity index (χ2n) is 6.35. The number of amides is 1. The third-order valence-corrected chi connectivity index (χ3v) is 4.29. The number of para-hydroxylation sites is 2. The van der Waals surface area contributed by atoms with Gasteiger partial charge in [-0.1, -0.05) is 30.3 Å². The lowest BCUT2D eigenvalue weighted by atomic mass is 10.2. The monoisotopic (exact) mass is 407 g/mol. The fourth-order valence-corrected chi connectivity index (χ4v) is 2.74. The van der Waals surface area contributed by atoms with Crippen LogP contribution in [0.2, 0.25) is 0 Å². The van der Waals surface area contributed by atoms with Gasteiger partial charge in [0.1, 0.15) is 18.2 Å². The maximum atomic E-state index is 13.0. The van der Waals surface area contributed by atoms with Crippen LogP contribution in [0.15, 0.2) is 72.8 Å². The number of hydrogen-bond acceptors (Lipinski definition) is 4. The van der Waals surface area contributed by atoms with E-state index in [0.29, 0.717) is 22.9 Å². The van der Waals surface area contributed by atoms with E-state index in [1.807, 2.05) is 18.2 Å². The molecular weight excluding hydrogens is 385 g/mol. The molecular formula is C24H22FNO4. The first-order valence-corrected chi connectivity index (χ1v) is 9.26. The smallest absolute Gasteiger partial charge is 0.248 e. The van der Waals surface area contributed by atoms with Gasteiger partial charge in [0.25, 0.3) is 0 Å². The molecule has 0 spiro atoms. The molecule has 154 valence electrons. The van der Waals surface area contributed by atoms with Crippen LogP contribution in [0.4, 0.5) is 10.1 Å². The molecule has 0 atom stereocenters. The topological polar surface area (TPSA) is 56.8 Å². The van der Waals surface area contributed by atoms with Crippen molar-refractivity contribution in [2.75, 3.05) is 19.5 Å². The van der Waals surface area contributed by atoms with Gasteiger partial charge in [-0.25, -0.2) is 4.39 Å². The number of benzene rings is 3. The van der Waals surface area contributed by atoms with Crippen molar-refractivity contribution in [3.05, 3.63) is 89.8 Å². The van der Waals surface area contributed by atoms with Crippen molar-refractivity contribution in [3.63, 3.8) is 0 Å². The van der Waals surface area contributed by atoms with E-state index < -0.39 is 0 Å². The lowest BCUT2D eigenvalue weighted by molar-refractivity contribution is -0.111. The van der Waals surface area contributed by atoms with Crippen LogP contribution in [0.1, 0.15) is 11.1 Å². The van der Waals surface area contributed by atoms with Gasteiger partial charge in [-0.05, 0) is 53.6 Å². The maximum Gasteiger partial charge on any atom is 0.248 e. The van der Waals surface area contributed by atoms with Gasteiger partial charge in [0.2, 0.25) is 5.91 Å². The number of rotatable bonds is 8. The van der Waals surface area contributed by atoms with E-state index in [2.05, 4.69) is 5.32 Å². The van der Waals surface area contributed by atoms with Crippen LogP contribution in [0.3, 0.4) is 0 Å². The van der Waals surface area contributed by atoms with Crippen LogP contribution in [0.25, 0.3) is 6.08 Å². The van der Waals surface area contributed by atoms with E-state index in [1.165, 1.54) is 18.2 Å². The molecule has 3 aromatic carbocycles. The molecule has 1 N–H and O–H groups in total. The molecule has 0 aliphatic rings. The lowest BCUT2D eigenvalue weighted by Gasteiger charge is -2.11. The zero-order valence-electron chi connectivity index (χ0n) is 16.7. The molecule has 6 heteroatoms. The third-order valence-electron chi connectivity index (χ3n) is 4.29. The number of methoxy groups -OCH3 is 2. The summed E-state index contributed by atoms with van der Waals surface area (Å²) in [6, 6.07) is 18.6. The SMILES string of the molecule is COc1ccccc1NC(=O)/C=C/c1ccc(OCc2ccc(F)cc2)c(OC)c1. The molecule has 0 bridgehead atoms. The zero-order valence-corrected chi connectivity index (χ0v) is 16.7. The highest BCUT2D eigenvalue weighted by molar-refractivity contribution is 6.02. The van der Waals surface area contributed by atoms with Gasteiger partial charge in [-0.2, -0.15) is 0 Å². The first kappa shape index (κ1) is 20.9. The van der Waals surface area contributed by atoms with E-state index in [-0.39, 0.29) is 18.3 Å². The van der Waals surface area contributed by atoms with E-state index in [9.17, 15) is 9.18 Å². The second kappa shape index (κ2) is 10.1. The summed E-state index contributed by atoms with van der Waals surface area (Å²) in [6.07, 6.45) is 3.11. The van der Waals surface area contributed by atoms with Gasteiger partial charge < -0.3 is 19.5 Å². The van der Waals surface area contributed by atoms with E-state index >= 15 is 0 Å². The number of halogens is 1. The molecule has 1 amide bonds. The van der Waals surface area contributed by atoms with Crippen molar-refractivity contribution in [1.29, 1.82) is 0 Å². The molecule has 5 nitrogen and oxygen atoms in total. The van der Waals surface area contributed by atoms with Crippen molar-refractivity contribution < 1.29 is 23.4 Å². The van der Waals surface area contributed by atoms with Crippen molar-refractivity contribution in [2.45, 2.75) is 6.61 Å². The Labute approximate surface area is 174 Å². The van der Waals surface area contributed by atoms with Gasteiger partial charge in [-0.15, -0.1) is 0 Å². The fourth-order valence-electron chi connectivity index (χ4n) is 2.74. The number of nitrogens with one attached hydrogen (secondary N) is 1. The number of anilines is 1. The van der Waals surface area contributed by atoms with Crippen molar-refractivity contribution in [1.82, 2.24) is 0 Å². The largest absolute Gasteiger partial charge is 0.495 e. The van der Waals surface area contributed by atoms with Gasteiger partial charge in [0, 0.05) is 6.08 Å². The number of carbonyl (C=O) groups excluding carboxylic acids is 1. The number of ether oxygens (including phenoxy) is 3. The molecule has 0 heterocycles. The molecule has 0 unspecified atom stereocenters. The summed E-state index contributed by atoms with van der Waals surface area (Å²) in [5.41, 5.74) is 2.21. The summed E-state index contributed by atoms with van der Waals surface area (Å²) >= 11 is 0. The summed E-state index contributed by atoms with van der Waals surface area (Å²) in [4.78, 5) is 12.2. The molecule has 3 rings (SSSR count). The van der Waals surface area contributed by atoms with E-state index in [0.717, 1.165) is 11.1 Å². The van der Waals surface area contributed by atoms with Crippen molar-refractivity contribution in [3.8, 4) is 17.2 Å². The lowest BCUT2D eigenvalue weighted by Crippen LogP contribution is -2.08. The standard InChI is InChI=1S/C24H22FNO4/c1-28-21-6-4-3-5-20(21)26-24(27)14-10-17-9-13-22(23(15-17)29-2)30-16-18-7-11-19(25)12-8-18/h3-15H,16H2,1-2H3,(H,26,27)/b14-10+. The van der Waals surface area contributed by atoms with Gasteiger partial charge >= 0.3 is 0 Å². The highest BCUT2D eigenvalue weighted by Crippen LogP contribution is 2.29. The summed E-state index contributed by atoms with van der Waals surface area (Å²) in [5, 5.41) is 2.78.